The Labute approximate surface area is 132 Å². The summed E-state index contributed by atoms with van der Waals surface area (Å²) in [6.07, 6.45) is 6.16. The van der Waals surface area contributed by atoms with E-state index in [-0.39, 0.29) is 24.5 Å². The van der Waals surface area contributed by atoms with Crippen molar-refractivity contribution < 1.29 is 14.6 Å². The molecule has 1 aliphatic rings. The number of hydrogen-bond acceptors (Lipinski definition) is 3. The lowest BCUT2D eigenvalue weighted by molar-refractivity contribution is -0.125. The predicted molar refractivity (Wildman–Crippen MR) is 86.7 cm³/mol. The number of ether oxygens (including phenoxy) is 1. The van der Waals surface area contributed by atoms with Gasteiger partial charge in [-0.2, -0.15) is 0 Å². The Balaban J connectivity index is 1.87. The van der Waals surface area contributed by atoms with Crippen LogP contribution >= 0.6 is 0 Å². The Morgan fingerprint density at radius 1 is 1.41 bits per heavy atom. The lowest BCUT2D eigenvalue weighted by Crippen LogP contribution is -2.34. The molecule has 120 valence electrons. The van der Waals surface area contributed by atoms with E-state index in [0.717, 1.165) is 30.6 Å². The van der Waals surface area contributed by atoms with Crippen LogP contribution in [0.1, 0.15) is 44.8 Å². The highest BCUT2D eigenvalue weighted by Gasteiger charge is 2.19. The molecular weight excluding hydrogens is 278 g/mol. The maximum atomic E-state index is 12.1. The van der Waals surface area contributed by atoms with E-state index < -0.39 is 6.10 Å². The molecule has 0 saturated heterocycles. The zero-order valence-corrected chi connectivity index (χ0v) is 13.3. The smallest absolute Gasteiger partial charge is 0.223 e. The number of aliphatic hydroxyl groups excluding tert-OH is 1. The average molecular weight is 303 g/mol. The molecule has 0 fully saturated rings. The summed E-state index contributed by atoms with van der Waals surface area (Å²) in [6.45, 7) is 4.15. The third-order valence-electron chi connectivity index (χ3n) is 3.72. The van der Waals surface area contributed by atoms with Gasteiger partial charge in [-0.05, 0) is 50.8 Å². The van der Waals surface area contributed by atoms with E-state index in [1.165, 1.54) is 0 Å². The van der Waals surface area contributed by atoms with Gasteiger partial charge in [0.25, 0.3) is 0 Å². The van der Waals surface area contributed by atoms with E-state index in [4.69, 9.17) is 4.74 Å². The SMILES string of the molecule is CC(C)Oc1cccc([C@@H](O)CNC(=O)[C@@H]2CC=CCC2)c1. The highest BCUT2D eigenvalue weighted by atomic mass is 16.5. The van der Waals surface area contributed by atoms with Crippen LogP contribution in [0.3, 0.4) is 0 Å². The lowest BCUT2D eigenvalue weighted by atomic mass is 9.93. The third-order valence-corrected chi connectivity index (χ3v) is 3.72. The summed E-state index contributed by atoms with van der Waals surface area (Å²) in [4.78, 5) is 12.1. The minimum atomic E-state index is -0.723. The number of carbonyl (C=O) groups is 1. The quantitative estimate of drug-likeness (QED) is 0.794. The van der Waals surface area contributed by atoms with E-state index in [2.05, 4.69) is 17.5 Å². The molecule has 0 spiro atoms. The number of hydrogen-bond donors (Lipinski definition) is 2. The molecule has 0 radical (unpaired) electrons. The molecule has 1 amide bonds. The summed E-state index contributed by atoms with van der Waals surface area (Å²) in [5.41, 5.74) is 0.752. The summed E-state index contributed by atoms with van der Waals surface area (Å²) >= 11 is 0. The Morgan fingerprint density at radius 2 is 2.23 bits per heavy atom. The molecule has 22 heavy (non-hydrogen) atoms. The zero-order chi connectivity index (χ0) is 15.9. The van der Waals surface area contributed by atoms with Gasteiger partial charge in [0.1, 0.15) is 5.75 Å². The number of nitrogens with one attached hydrogen (secondary N) is 1. The largest absolute Gasteiger partial charge is 0.491 e. The zero-order valence-electron chi connectivity index (χ0n) is 13.3. The van der Waals surface area contributed by atoms with Gasteiger partial charge >= 0.3 is 0 Å². The molecule has 2 N–H and O–H groups in total. The maximum absolute atomic E-state index is 12.1. The van der Waals surface area contributed by atoms with Crippen LogP contribution in [0.15, 0.2) is 36.4 Å². The second-order valence-electron chi connectivity index (χ2n) is 5.98. The van der Waals surface area contributed by atoms with Crippen molar-refractivity contribution >= 4 is 5.91 Å². The number of rotatable bonds is 6. The first-order chi connectivity index (χ1) is 10.6. The van der Waals surface area contributed by atoms with Crippen molar-refractivity contribution in [2.45, 2.75) is 45.3 Å². The van der Waals surface area contributed by atoms with Crippen molar-refractivity contribution in [2.75, 3.05) is 6.54 Å². The monoisotopic (exact) mass is 303 g/mol. The third kappa shape index (κ3) is 4.88. The van der Waals surface area contributed by atoms with E-state index in [1.807, 2.05) is 38.1 Å². The normalized spacial score (nSPS) is 19.0. The second kappa shape index (κ2) is 7.99. The van der Waals surface area contributed by atoms with Crippen molar-refractivity contribution in [3.8, 4) is 5.75 Å². The van der Waals surface area contributed by atoms with E-state index in [1.54, 1.807) is 0 Å². The molecule has 0 aliphatic heterocycles. The van der Waals surface area contributed by atoms with Gasteiger partial charge in [-0.25, -0.2) is 0 Å². The standard InChI is InChI=1S/C18H25NO3/c1-13(2)22-16-10-6-9-15(11-16)17(20)12-19-18(21)14-7-4-3-5-8-14/h3-4,6,9-11,13-14,17,20H,5,7-8,12H2,1-2H3,(H,19,21)/t14-,17+/m1/s1. The van der Waals surface area contributed by atoms with Crippen LogP contribution in [0.25, 0.3) is 0 Å². The molecule has 0 bridgehead atoms. The first-order valence-electron chi connectivity index (χ1n) is 7.93. The Morgan fingerprint density at radius 3 is 2.91 bits per heavy atom. The summed E-state index contributed by atoms with van der Waals surface area (Å²) in [5, 5.41) is 13.1. The van der Waals surface area contributed by atoms with Crippen molar-refractivity contribution in [1.29, 1.82) is 0 Å². The van der Waals surface area contributed by atoms with Crippen LogP contribution in [0.4, 0.5) is 0 Å². The van der Waals surface area contributed by atoms with Gasteiger partial charge in [0.05, 0.1) is 12.2 Å². The van der Waals surface area contributed by atoms with Gasteiger partial charge in [-0.3, -0.25) is 4.79 Å². The van der Waals surface area contributed by atoms with Gasteiger partial charge in [0.2, 0.25) is 5.91 Å². The number of allylic oxidation sites excluding steroid dienone is 2. The van der Waals surface area contributed by atoms with Crippen LogP contribution in [-0.4, -0.2) is 23.7 Å². The summed E-state index contributed by atoms with van der Waals surface area (Å²) < 4.78 is 5.62. The van der Waals surface area contributed by atoms with Crippen molar-refractivity contribution in [1.82, 2.24) is 5.32 Å². The van der Waals surface area contributed by atoms with E-state index >= 15 is 0 Å². The van der Waals surface area contributed by atoms with Crippen molar-refractivity contribution in [3.05, 3.63) is 42.0 Å². The molecule has 0 unspecified atom stereocenters. The lowest BCUT2D eigenvalue weighted by Gasteiger charge is -2.19. The molecular formula is C18H25NO3. The summed E-state index contributed by atoms with van der Waals surface area (Å²) in [5.74, 6) is 0.793. The fraction of sp³-hybridized carbons (Fsp3) is 0.500. The fourth-order valence-electron chi connectivity index (χ4n) is 2.56. The molecule has 0 aromatic heterocycles. The maximum Gasteiger partial charge on any atom is 0.223 e. The molecule has 2 rings (SSSR count). The molecule has 1 aliphatic carbocycles. The fourth-order valence-corrected chi connectivity index (χ4v) is 2.56. The predicted octanol–water partition coefficient (Wildman–Crippen LogP) is 2.98. The van der Waals surface area contributed by atoms with Crippen LogP contribution in [0.2, 0.25) is 0 Å². The summed E-state index contributed by atoms with van der Waals surface area (Å²) in [6, 6.07) is 7.38. The second-order valence-corrected chi connectivity index (χ2v) is 5.98. The van der Waals surface area contributed by atoms with Crippen molar-refractivity contribution in [3.63, 3.8) is 0 Å². The molecule has 0 heterocycles. The van der Waals surface area contributed by atoms with Crippen LogP contribution in [0, 0.1) is 5.92 Å². The molecule has 0 saturated carbocycles. The van der Waals surface area contributed by atoms with Gasteiger partial charge in [-0.1, -0.05) is 24.3 Å². The van der Waals surface area contributed by atoms with Crippen molar-refractivity contribution in [2.24, 2.45) is 5.92 Å². The Bertz CT molecular complexity index is 525. The number of carbonyl (C=O) groups excluding carboxylic acids is 1. The van der Waals surface area contributed by atoms with Crippen LogP contribution < -0.4 is 10.1 Å². The van der Waals surface area contributed by atoms with Crippen LogP contribution in [0.5, 0.6) is 5.75 Å². The Hall–Kier alpha value is -1.81. The van der Waals surface area contributed by atoms with E-state index in [0.29, 0.717) is 0 Å². The first kappa shape index (κ1) is 16.6. The topological polar surface area (TPSA) is 58.6 Å². The molecule has 2 atom stereocenters. The number of benzene rings is 1. The highest BCUT2D eigenvalue weighted by molar-refractivity contribution is 5.79. The molecule has 1 aromatic carbocycles. The van der Waals surface area contributed by atoms with Gasteiger partial charge in [-0.15, -0.1) is 0 Å². The number of amides is 1. The summed E-state index contributed by atoms with van der Waals surface area (Å²) in [7, 11) is 0. The minimum Gasteiger partial charge on any atom is -0.491 e. The molecule has 4 heteroatoms. The highest BCUT2D eigenvalue weighted by Crippen LogP contribution is 2.21. The van der Waals surface area contributed by atoms with Gasteiger partial charge in [0, 0.05) is 12.5 Å². The van der Waals surface area contributed by atoms with E-state index in [9.17, 15) is 9.90 Å². The van der Waals surface area contributed by atoms with Gasteiger partial charge in [0.15, 0.2) is 0 Å². The first-order valence-corrected chi connectivity index (χ1v) is 7.93. The molecule has 1 aromatic rings. The average Bonchev–Trinajstić information content (AvgIpc) is 2.52. The van der Waals surface area contributed by atoms with Crippen LogP contribution in [-0.2, 0) is 4.79 Å². The minimum absolute atomic E-state index is 0.0259. The van der Waals surface area contributed by atoms with Gasteiger partial charge < -0.3 is 15.2 Å². The number of aliphatic hydroxyl groups is 1. The Kier molecular flexibility index (Phi) is 6.01. The molecule has 4 nitrogen and oxygen atoms in total.